The predicted molar refractivity (Wildman–Crippen MR) is 113 cm³/mol. The molecule has 0 amide bonds. The van der Waals surface area contributed by atoms with Crippen molar-refractivity contribution in [2.75, 3.05) is 19.6 Å². The Morgan fingerprint density at radius 3 is 1.69 bits per heavy atom. The van der Waals surface area contributed by atoms with Gasteiger partial charge in [0, 0.05) is 0 Å². The lowest BCUT2D eigenvalue weighted by molar-refractivity contribution is -0.139. The first-order valence-electron chi connectivity index (χ1n) is 11.4. The van der Waals surface area contributed by atoms with E-state index < -0.39 is 5.97 Å². The van der Waals surface area contributed by atoms with Gasteiger partial charge in [-0.25, -0.2) is 0 Å². The fraction of sp³-hybridized carbons (Fsp3) is 0.955. The number of rotatable bonds is 21. The maximum atomic E-state index is 11.3. The van der Waals surface area contributed by atoms with Crippen LogP contribution in [-0.4, -0.2) is 36.8 Å². The number of aliphatic carboxylic acids is 1. The van der Waals surface area contributed by atoms with Crippen LogP contribution in [-0.2, 0) is 4.79 Å². The van der Waals surface area contributed by atoms with Crippen LogP contribution >= 0.6 is 0 Å². The molecular formula is C22H46N2O2. The highest BCUT2D eigenvalue weighted by Crippen LogP contribution is 2.06. The summed E-state index contributed by atoms with van der Waals surface area (Å²) in [6, 6.07) is -0.371. The van der Waals surface area contributed by atoms with Crippen LogP contribution in [0.2, 0.25) is 0 Å². The first kappa shape index (κ1) is 25.4. The van der Waals surface area contributed by atoms with Gasteiger partial charge >= 0.3 is 5.97 Å². The monoisotopic (exact) mass is 370 g/mol. The zero-order chi connectivity index (χ0) is 19.3. The van der Waals surface area contributed by atoms with E-state index in [1.165, 1.54) is 70.6 Å². The first-order chi connectivity index (χ1) is 12.7. The number of carboxylic acid groups (broad SMARTS) is 1. The number of hydrogen-bond acceptors (Lipinski definition) is 3. The third-order valence-electron chi connectivity index (χ3n) is 5.02. The Morgan fingerprint density at radius 2 is 1.15 bits per heavy atom. The fourth-order valence-corrected chi connectivity index (χ4v) is 3.25. The lowest BCUT2D eigenvalue weighted by atomic mass is 10.1. The summed E-state index contributed by atoms with van der Waals surface area (Å²) in [7, 11) is 0. The SMILES string of the molecule is CCCCCCCCNCCCC[C@H](NCCCCCCCC)C(=O)O. The van der Waals surface area contributed by atoms with Gasteiger partial charge < -0.3 is 15.7 Å². The average Bonchev–Trinajstić information content (AvgIpc) is 2.63. The van der Waals surface area contributed by atoms with E-state index in [0.717, 1.165) is 45.3 Å². The van der Waals surface area contributed by atoms with E-state index in [1.807, 2.05) is 0 Å². The standard InChI is InChI=1S/C22H46N2O2/c1-3-5-7-9-11-14-18-23-19-16-13-17-21(22(25)26)24-20-15-12-10-8-6-4-2/h21,23-24H,3-20H2,1-2H3,(H,25,26)/t21-/m0/s1. The Bertz CT molecular complexity index is 298. The van der Waals surface area contributed by atoms with Crippen LogP contribution < -0.4 is 10.6 Å². The molecule has 0 heterocycles. The van der Waals surface area contributed by atoms with Crippen LogP contribution in [0.3, 0.4) is 0 Å². The van der Waals surface area contributed by atoms with E-state index in [4.69, 9.17) is 0 Å². The molecule has 0 radical (unpaired) electrons. The van der Waals surface area contributed by atoms with E-state index in [1.54, 1.807) is 0 Å². The van der Waals surface area contributed by atoms with Crippen molar-refractivity contribution in [2.45, 2.75) is 116 Å². The third kappa shape index (κ3) is 18.2. The lowest BCUT2D eigenvalue weighted by Crippen LogP contribution is -2.37. The zero-order valence-electron chi connectivity index (χ0n) is 17.7. The maximum Gasteiger partial charge on any atom is 0.320 e. The van der Waals surface area contributed by atoms with Crippen molar-refractivity contribution >= 4 is 5.97 Å². The Balaban J connectivity index is 3.44. The maximum absolute atomic E-state index is 11.3. The van der Waals surface area contributed by atoms with Crippen molar-refractivity contribution < 1.29 is 9.90 Å². The van der Waals surface area contributed by atoms with E-state index in [0.29, 0.717) is 0 Å². The number of hydrogen-bond donors (Lipinski definition) is 3. The van der Waals surface area contributed by atoms with Crippen molar-refractivity contribution in [3.05, 3.63) is 0 Å². The topological polar surface area (TPSA) is 61.4 Å². The van der Waals surface area contributed by atoms with E-state index in [2.05, 4.69) is 24.5 Å². The van der Waals surface area contributed by atoms with Crippen LogP contribution in [0.15, 0.2) is 0 Å². The van der Waals surface area contributed by atoms with Gasteiger partial charge in [0.25, 0.3) is 0 Å². The number of carboxylic acids is 1. The van der Waals surface area contributed by atoms with Gasteiger partial charge in [0.05, 0.1) is 0 Å². The Kier molecular flexibility index (Phi) is 20.2. The highest BCUT2D eigenvalue weighted by Gasteiger charge is 2.15. The number of carbonyl (C=O) groups is 1. The lowest BCUT2D eigenvalue weighted by Gasteiger charge is -2.14. The molecule has 0 saturated carbocycles. The molecule has 0 spiro atoms. The first-order valence-corrected chi connectivity index (χ1v) is 11.4. The molecule has 0 saturated heterocycles. The van der Waals surface area contributed by atoms with Gasteiger partial charge in [-0.15, -0.1) is 0 Å². The molecule has 26 heavy (non-hydrogen) atoms. The second-order valence-electron chi connectivity index (χ2n) is 7.63. The summed E-state index contributed by atoms with van der Waals surface area (Å²) < 4.78 is 0. The summed E-state index contributed by atoms with van der Waals surface area (Å²) >= 11 is 0. The highest BCUT2D eigenvalue weighted by atomic mass is 16.4. The molecule has 156 valence electrons. The molecule has 4 heteroatoms. The summed E-state index contributed by atoms with van der Waals surface area (Å²) in [5.74, 6) is -0.698. The minimum atomic E-state index is -0.698. The van der Waals surface area contributed by atoms with Gasteiger partial charge in [0.2, 0.25) is 0 Å². The van der Waals surface area contributed by atoms with Gasteiger partial charge in [-0.3, -0.25) is 4.79 Å². The summed E-state index contributed by atoms with van der Waals surface area (Å²) in [4.78, 5) is 11.3. The van der Waals surface area contributed by atoms with Crippen LogP contribution in [0.25, 0.3) is 0 Å². The molecule has 0 aromatic rings. The quantitative estimate of drug-likeness (QED) is 0.233. The molecular weight excluding hydrogens is 324 g/mol. The Morgan fingerprint density at radius 1 is 0.692 bits per heavy atom. The van der Waals surface area contributed by atoms with Crippen LogP contribution in [0, 0.1) is 0 Å². The molecule has 0 bridgehead atoms. The smallest absolute Gasteiger partial charge is 0.320 e. The highest BCUT2D eigenvalue weighted by molar-refractivity contribution is 5.73. The van der Waals surface area contributed by atoms with Crippen molar-refractivity contribution in [2.24, 2.45) is 0 Å². The molecule has 0 aromatic carbocycles. The molecule has 0 aliphatic carbocycles. The van der Waals surface area contributed by atoms with Crippen molar-refractivity contribution in [3.8, 4) is 0 Å². The van der Waals surface area contributed by atoms with E-state index in [-0.39, 0.29) is 6.04 Å². The van der Waals surface area contributed by atoms with Crippen molar-refractivity contribution in [1.29, 1.82) is 0 Å². The normalized spacial score (nSPS) is 12.4. The minimum absolute atomic E-state index is 0.371. The van der Waals surface area contributed by atoms with Crippen LogP contribution in [0.5, 0.6) is 0 Å². The second-order valence-corrected chi connectivity index (χ2v) is 7.63. The number of nitrogens with one attached hydrogen (secondary N) is 2. The third-order valence-corrected chi connectivity index (χ3v) is 5.02. The Labute approximate surface area is 162 Å². The molecule has 0 rings (SSSR count). The minimum Gasteiger partial charge on any atom is -0.480 e. The van der Waals surface area contributed by atoms with Crippen molar-refractivity contribution in [1.82, 2.24) is 10.6 Å². The Hall–Kier alpha value is -0.610. The summed E-state index contributed by atoms with van der Waals surface area (Å²) in [6.07, 6.45) is 18.3. The molecule has 3 N–H and O–H groups in total. The molecule has 0 fully saturated rings. The molecule has 1 atom stereocenters. The number of unbranched alkanes of at least 4 members (excludes halogenated alkanes) is 11. The summed E-state index contributed by atoms with van der Waals surface area (Å²) in [5, 5.41) is 16.0. The van der Waals surface area contributed by atoms with Gasteiger partial charge in [-0.1, -0.05) is 84.5 Å². The van der Waals surface area contributed by atoms with E-state index >= 15 is 0 Å². The second kappa shape index (κ2) is 20.7. The van der Waals surface area contributed by atoms with E-state index in [9.17, 15) is 9.90 Å². The molecule has 0 unspecified atom stereocenters. The van der Waals surface area contributed by atoms with Gasteiger partial charge in [-0.05, 0) is 45.3 Å². The summed E-state index contributed by atoms with van der Waals surface area (Å²) in [6.45, 7) is 7.42. The zero-order valence-corrected chi connectivity index (χ0v) is 17.7. The summed E-state index contributed by atoms with van der Waals surface area (Å²) in [5.41, 5.74) is 0. The van der Waals surface area contributed by atoms with Crippen LogP contribution in [0.4, 0.5) is 0 Å². The fourth-order valence-electron chi connectivity index (χ4n) is 3.25. The predicted octanol–water partition coefficient (Wildman–Crippen LogP) is 5.51. The largest absolute Gasteiger partial charge is 0.480 e. The average molecular weight is 371 g/mol. The molecule has 4 nitrogen and oxygen atoms in total. The van der Waals surface area contributed by atoms with Gasteiger partial charge in [0.15, 0.2) is 0 Å². The van der Waals surface area contributed by atoms with Crippen molar-refractivity contribution in [3.63, 3.8) is 0 Å². The van der Waals surface area contributed by atoms with Gasteiger partial charge in [0.1, 0.15) is 6.04 Å². The molecule has 0 aromatic heterocycles. The molecule has 0 aliphatic heterocycles. The van der Waals surface area contributed by atoms with Gasteiger partial charge in [-0.2, -0.15) is 0 Å². The molecule has 0 aliphatic rings. The van der Waals surface area contributed by atoms with Crippen LogP contribution in [0.1, 0.15) is 110 Å².